The van der Waals surface area contributed by atoms with Gasteiger partial charge in [0.05, 0.1) is 39.3 Å². The van der Waals surface area contributed by atoms with Crippen molar-refractivity contribution in [3.8, 4) is 0 Å². The number of rotatable bonds is 25. The second kappa shape index (κ2) is 20.3. The second-order valence-corrected chi connectivity index (χ2v) is 17.4. The van der Waals surface area contributed by atoms with Crippen LogP contribution >= 0.6 is 15.6 Å². The minimum atomic E-state index is -10.7. The number of halogens is 12. The number of quaternary nitrogens is 2. The van der Waals surface area contributed by atoms with E-state index in [4.69, 9.17) is 0 Å². The van der Waals surface area contributed by atoms with Crippen molar-refractivity contribution in [2.75, 3.05) is 39.3 Å². The molecular weight excluding hydrogens is 702 g/mol. The Bertz CT molecular complexity index is 684. The summed E-state index contributed by atoms with van der Waals surface area (Å²) in [5.74, 6) is 0. The molecule has 0 aliphatic rings. The van der Waals surface area contributed by atoms with Gasteiger partial charge in [-0.2, -0.15) is 0 Å². The van der Waals surface area contributed by atoms with Crippen LogP contribution < -0.4 is 0 Å². The Morgan fingerprint density at radius 3 is 0.562 bits per heavy atom. The molecule has 0 bridgehead atoms. The number of nitrogens with zero attached hydrogens (tertiary/aromatic N) is 2. The van der Waals surface area contributed by atoms with Crippen molar-refractivity contribution in [1.29, 1.82) is 0 Å². The van der Waals surface area contributed by atoms with Gasteiger partial charge in [-0.05, 0) is 38.5 Å². The molecule has 2 nitrogen and oxygen atoms in total. The van der Waals surface area contributed by atoms with E-state index >= 15 is 0 Å². The van der Waals surface area contributed by atoms with E-state index in [-0.39, 0.29) is 0 Å². The molecule has 0 aromatic carbocycles. The zero-order valence-electron chi connectivity index (χ0n) is 31.0. The molecule has 0 fully saturated rings. The van der Waals surface area contributed by atoms with Gasteiger partial charge in [-0.3, -0.25) is 0 Å². The van der Waals surface area contributed by atoms with Crippen molar-refractivity contribution in [3.63, 3.8) is 0 Å². The number of unbranched alkanes of at least 4 members (excludes halogenated alkanes) is 6. The summed E-state index contributed by atoms with van der Waals surface area (Å²) in [6.07, 6.45) is 22.1. The summed E-state index contributed by atoms with van der Waals surface area (Å²) in [4.78, 5) is 0. The average Bonchev–Trinajstić information content (AvgIpc) is 2.91. The standard InChI is InChI=1S/C32H70N2.2F6P/c1-9-17-25-33(26-18-10-2,27-19-11-3)31(23-15-7)32(24-16-8)34(28-20-12-4,29-21-13-5)30-22-14-6;2*1-7(2,3,4,5)6/h31-32H,9-30H2,1-8H3;;/q+2;2*-1. The van der Waals surface area contributed by atoms with Gasteiger partial charge >= 0.3 is 66.0 Å². The van der Waals surface area contributed by atoms with E-state index in [2.05, 4.69) is 55.4 Å². The third kappa shape index (κ3) is 34.4. The summed E-state index contributed by atoms with van der Waals surface area (Å²) >= 11 is 0. The van der Waals surface area contributed by atoms with Gasteiger partial charge in [0.15, 0.2) is 0 Å². The molecule has 0 rings (SSSR count). The molecule has 0 aromatic heterocycles. The van der Waals surface area contributed by atoms with Crippen LogP contribution in [0.1, 0.15) is 158 Å². The Morgan fingerprint density at radius 1 is 0.312 bits per heavy atom. The topological polar surface area (TPSA) is 0 Å². The molecule has 2 unspecified atom stereocenters. The van der Waals surface area contributed by atoms with Crippen LogP contribution in [0.4, 0.5) is 50.4 Å². The molecule has 302 valence electrons. The van der Waals surface area contributed by atoms with Crippen LogP contribution in [0.15, 0.2) is 0 Å². The average molecular weight is 773 g/mol. The molecule has 2 atom stereocenters. The van der Waals surface area contributed by atoms with E-state index in [9.17, 15) is 50.4 Å². The van der Waals surface area contributed by atoms with Gasteiger partial charge in [-0.15, -0.1) is 0 Å². The van der Waals surface area contributed by atoms with Crippen LogP contribution in [0.25, 0.3) is 0 Å². The summed E-state index contributed by atoms with van der Waals surface area (Å²) in [7, 11) is -21.3. The second-order valence-electron chi connectivity index (χ2n) is 13.5. The van der Waals surface area contributed by atoms with Crippen molar-refractivity contribution in [3.05, 3.63) is 0 Å². The van der Waals surface area contributed by atoms with Crippen LogP contribution in [0, 0.1) is 0 Å². The fraction of sp³-hybridized carbons (Fsp3) is 1.00. The Labute approximate surface area is 284 Å². The summed E-state index contributed by atoms with van der Waals surface area (Å²) in [5, 5.41) is 0. The van der Waals surface area contributed by atoms with Crippen LogP contribution in [0.2, 0.25) is 0 Å². The van der Waals surface area contributed by atoms with Gasteiger partial charge in [0, 0.05) is 12.8 Å². The molecule has 0 aliphatic heterocycles. The maximum absolute atomic E-state index is 10.7. The fourth-order valence-electron chi connectivity index (χ4n) is 6.76. The first kappa shape index (κ1) is 52.3. The molecule has 16 heteroatoms. The van der Waals surface area contributed by atoms with Crippen molar-refractivity contribution >= 4 is 15.6 Å². The molecule has 0 saturated carbocycles. The number of hydrogen-bond acceptors (Lipinski definition) is 0. The molecule has 0 saturated heterocycles. The van der Waals surface area contributed by atoms with Crippen LogP contribution in [0.5, 0.6) is 0 Å². The third-order valence-corrected chi connectivity index (χ3v) is 8.76. The molecule has 0 spiro atoms. The van der Waals surface area contributed by atoms with Crippen molar-refractivity contribution < 1.29 is 59.3 Å². The normalized spacial score (nSPS) is 17.0. The van der Waals surface area contributed by atoms with Gasteiger partial charge in [-0.25, -0.2) is 0 Å². The molecule has 48 heavy (non-hydrogen) atoms. The molecule has 0 heterocycles. The summed E-state index contributed by atoms with van der Waals surface area (Å²) in [6, 6.07) is 1.69. The van der Waals surface area contributed by atoms with Gasteiger partial charge < -0.3 is 8.97 Å². The van der Waals surface area contributed by atoms with Gasteiger partial charge in [0.1, 0.15) is 12.1 Å². The zero-order chi connectivity index (χ0) is 38.5. The Morgan fingerprint density at radius 2 is 0.458 bits per heavy atom. The first-order chi connectivity index (χ1) is 21.4. The SMILES string of the molecule is CCCC[N+](CCCC)(CCCC)C(CCC)C(CCC)[N+](CCCC)(CCCC)CCCC.F[P-](F)(F)(F)(F)F.F[P-](F)(F)(F)(F)F. The van der Waals surface area contributed by atoms with Crippen molar-refractivity contribution in [1.82, 2.24) is 0 Å². The molecule has 0 radical (unpaired) electrons. The van der Waals surface area contributed by atoms with Crippen LogP contribution in [0.3, 0.4) is 0 Å². The first-order valence-corrected chi connectivity index (χ1v) is 22.3. The Balaban J connectivity index is -0.00000119. The van der Waals surface area contributed by atoms with Gasteiger partial charge in [0.2, 0.25) is 0 Å². The van der Waals surface area contributed by atoms with Crippen molar-refractivity contribution in [2.45, 2.75) is 170 Å². The quantitative estimate of drug-likeness (QED) is 0.0493. The summed E-state index contributed by atoms with van der Waals surface area (Å²) in [5.41, 5.74) is 0. The molecule has 0 aromatic rings. The minimum absolute atomic E-state index is 0.847. The molecule has 0 amide bonds. The Kier molecular flexibility index (Phi) is 22.1. The van der Waals surface area contributed by atoms with E-state index in [1.165, 1.54) is 151 Å². The van der Waals surface area contributed by atoms with Crippen LogP contribution in [-0.2, 0) is 0 Å². The van der Waals surface area contributed by atoms with E-state index in [1.807, 2.05) is 0 Å². The third-order valence-electron chi connectivity index (χ3n) is 8.76. The molecule has 0 N–H and O–H groups in total. The first-order valence-electron chi connectivity index (χ1n) is 18.2. The van der Waals surface area contributed by atoms with Gasteiger partial charge in [-0.1, -0.05) is 107 Å². The molecule has 0 aliphatic carbocycles. The fourth-order valence-corrected chi connectivity index (χ4v) is 6.76. The maximum atomic E-state index is 9.87. The predicted octanol–water partition coefficient (Wildman–Crippen LogP) is 16.5. The van der Waals surface area contributed by atoms with E-state index in [1.54, 1.807) is 0 Å². The zero-order valence-corrected chi connectivity index (χ0v) is 32.8. The monoisotopic (exact) mass is 772 g/mol. The van der Waals surface area contributed by atoms with E-state index < -0.39 is 15.6 Å². The van der Waals surface area contributed by atoms with Gasteiger partial charge in [0.25, 0.3) is 0 Å². The number of hydrogen-bond donors (Lipinski definition) is 0. The summed E-state index contributed by atoms with van der Waals surface area (Å²) in [6.45, 7) is 28.0. The van der Waals surface area contributed by atoms with E-state index in [0.29, 0.717) is 0 Å². The molecular formula is C32H70F12N2P2. The summed E-state index contributed by atoms with van der Waals surface area (Å²) < 4.78 is 121. The predicted molar refractivity (Wildman–Crippen MR) is 184 cm³/mol. The van der Waals surface area contributed by atoms with Crippen molar-refractivity contribution in [2.24, 2.45) is 0 Å². The van der Waals surface area contributed by atoms with Crippen LogP contribution in [-0.4, -0.2) is 60.3 Å². The Hall–Kier alpha value is -0.0600. The van der Waals surface area contributed by atoms with E-state index in [0.717, 1.165) is 12.1 Å².